The van der Waals surface area contributed by atoms with Crippen molar-refractivity contribution < 1.29 is 13.9 Å². The van der Waals surface area contributed by atoms with Gasteiger partial charge >= 0.3 is 5.97 Å². The average Bonchev–Trinajstić information content (AvgIpc) is 1.85. The topological polar surface area (TPSA) is 26.3 Å². The summed E-state index contributed by atoms with van der Waals surface area (Å²) in [5.41, 5.74) is 0. The van der Waals surface area contributed by atoms with E-state index in [4.69, 9.17) is 0 Å². The van der Waals surface area contributed by atoms with Crippen molar-refractivity contribution in [1.29, 1.82) is 0 Å². The van der Waals surface area contributed by atoms with Crippen LogP contribution >= 0.6 is 0 Å². The van der Waals surface area contributed by atoms with Crippen molar-refractivity contribution in [2.45, 2.75) is 6.92 Å². The summed E-state index contributed by atoms with van der Waals surface area (Å²) in [5, 5.41) is 0. The maximum absolute atomic E-state index is 12.4. The summed E-state index contributed by atoms with van der Waals surface area (Å²) in [6, 6.07) is 6.20. The molecule has 0 atom stereocenters. The second kappa shape index (κ2) is 3.14. The van der Waals surface area contributed by atoms with Gasteiger partial charge in [0.05, 0.1) is 0 Å². The Bertz CT molecular complexity index is 271. The number of halogens is 1. The zero-order valence-electron chi connectivity index (χ0n) is 5.93. The quantitative estimate of drug-likeness (QED) is 0.452. The van der Waals surface area contributed by atoms with Crippen molar-refractivity contribution in [2.24, 2.45) is 0 Å². The van der Waals surface area contributed by atoms with Gasteiger partial charge < -0.3 is 4.74 Å². The zero-order chi connectivity index (χ0) is 8.27. The first-order valence-electron chi connectivity index (χ1n) is 3.04. The van der Waals surface area contributed by atoms with Gasteiger partial charge in [0.2, 0.25) is 0 Å². The molecule has 0 saturated carbocycles. The fourth-order valence-electron chi connectivity index (χ4n) is 0.648. The normalized spacial score (nSPS) is 9.27. The highest BCUT2D eigenvalue weighted by Gasteiger charge is 1.97. The highest BCUT2D eigenvalue weighted by atomic mass is 19.1. The van der Waals surface area contributed by atoms with Crippen molar-refractivity contribution in [2.75, 3.05) is 0 Å². The second-order valence-electron chi connectivity index (χ2n) is 1.97. The third-order valence-corrected chi connectivity index (χ3v) is 0.999. The monoisotopic (exact) mass is 153 g/mol. The van der Waals surface area contributed by atoms with Crippen LogP contribution in [0.4, 0.5) is 4.39 Å². The molecule has 1 aromatic rings. The van der Waals surface area contributed by atoms with Gasteiger partial charge in [0.25, 0.3) is 0 Å². The van der Waals surface area contributed by atoms with Crippen LogP contribution in [0.1, 0.15) is 6.92 Å². The molecule has 0 aliphatic rings. The van der Waals surface area contributed by atoms with E-state index < -0.39 is 11.8 Å². The molecule has 1 radical (unpaired) electrons. The summed E-state index contributed by atoms with van der Waals surface area (Å²) in [5.74, 6) is -0.798. The van der Waals surface area contributed by atoms with Gasteiger partial charge in [0.15, 0.2) is 0 Å². The molecule has 0 fully saturated rings. The van der Waals surface area contributed by atoms with Crippen LogP contribution in [-0.2, 0) is 4.79 Å². The maximum Gasteiger partial charge on any atom is 0.308 e. The number of carbonyl (C=O) groups excluding carboxylic acids is 1. The van der Waals surface area contributed by atoms with Gasteiger partial charge in [-0.1, -0.05) is 0 Å². The Balaban J connectivity index is 2.79. The molecule has 2 nitrogen and oxygen atoms in total. The summed E-state index contributed by atoms with van der Waals surface area (Å²) in [4.78, 5) is 10.4. The molecule has 1 aromatic carbocycles. The molecule has 0 aliphatic heterocycles. The van der Waals surface area contributed by atoms with E-state index in [2.05, 4.69) is 10.8 Å². The molecule has 0 saturated heterocycles. The smallest absolute Gasteiger partial charge is 0.308 e. The number of benzene rings is 1. The Morgan fingerprint density at radius 2 is 2.45 bits per heavy atom. The predicted molar refractivity (Wildman–Crippen MR) is 36.5 cm³/mol. The average molecular weight is 153 g/mol. The Morgan fingerprint density at radius 3 is 3.00 bits per heavy atom. The van der Waals surface area contributed by atoms with Gasteiger partial charge in [-0.2, -0.15) is 0 Å². The largest absolute Gasteiger partial charge is 0.427 e. The van der Waals surface area contributed by atoms with Crippen LogP contribution in [-0.4, -0.2) is 5.97 Å². The first-order valence-corrected chi connectivity index (χ1v) is 3.04. The second-order valence-corrected chi connectivity index (χ2v) is 1.97. The summed E-state index contributed by atoms with van der Waals surface area (Å²) >= 11 is 0. The van der Waals surface area contributed by atoms with E-state index in [1.807, 2.05) is 0 Å². The molecule has 0 heterocycles. The lowest BCUT2D eigenvalue weighted by molar-refractivity contribution is -0.131. The van der Waals surface area contributed by atoms with Crippen molar-refractivity contribution in [3.05, 3.63) is 30.1 Å². The first kappa shape index (κ1) is 7.72. The third kappa shape index (κ3) is 2.37. The summed E-state index contributed by atoms with van der Waals surface area (Å²) < 4.78 is 17.0. The lowest BCUT2D eigenvalue weighted by Gasteiger charge is -1.98. The highest BCUT2D eigenvalue weighted by Crippen LogP contribution is 2.10. The number of hydrogen-bond acceptors (Lipinski definition) is 2. The van der Waals surface area contributed by atoms with E-state index in [0.717, 1.165) is 6.07 Å². The van der Waals surface area contributed by atoms with E-state index in [-0.39, 0.29) is 5.75 Å². The van der Waals surface area contributed by atoms with Crippen LogP contribution < -0.4 is 4.74 Å². The Hall–Kier alpha value is -1.38. The Kier molecular flexibility index (Phi) is 2.21. The van der Waals surface area contributed by atoms with Gasteiger partial charge in [-0.05, 0) is 12.1 Å². The van der Waals surface area contributed by atoms with Gasteiger partial charge in [-0.25, -0.2) is 4.39 Å². The first-order chi connectivity index (χ1) is 5.18. The Labute approximate surface area is 63.6 Å². The number of rotatable bonds is 1. The SMILES string of the molecule is CC(=O)Oc1cc[c]c(F)c1. The van der Waals surface area contributed by atoms with Crippen molar-refractivity contribution in [3.8, 4) is 5.75 Å². The minimum absolute atomic E-state index is 0.203. The summed E-state index contributed by atoms with van der Waals surface area (Å²) in [6.45, 7) is 1.26. The van der Waals surface area contributed by atoms with Gasteiger partial charge in [-0.3, -0.25) is 4.79 Å². The molecule has 0 bridgehead atoms. The maximum atomic E-state index is 12.4. The van der Waals surface area contributed by atoms with Gasteiger partial charge in [0.1, 0.15) is 11.6 Å². The minimum atomic E-state index is -0.538. The number of ether oxygens (including phenoxy) is 1. The molecule has 0 spiro atoms. The molecule has 11 heavy (non-hydrogen) atoms. The summed E-state index contributed by atoms with van der Waals surface area (Å²) in [6.07, 6.45) is 0. The fraction of sp³-hybridized carbons (Fsp3) is 0.125. The molecule has 0 aromatic heterocycles. The van der Waals surface area contributed by atoms with Gasteiger partial charge in [-0.15, -0.1) is 0 Å². The molecular formula is C8H6FO2. The molecule has 1 rings (SSSR count). The summed E-state index contributed by atoms with van der Waals surface area (Å²) in [7, 11) is 0. The predicted octanol–water partition coefficient (Wildman–Crippen LogP) is 1.55. The van der Waals surface area contributed by atoms with E-state index in [9.17, 15) is 9.18 Å². The molecule has 3 heteroatoms. The fourth-order valence-corrected chi connectivity index (χ4v) is 0.648. The van der Waals surface area contributed by atoms with Crippen molar-refractivity contribution in [3.63, 3.8) is 0 Å². The van der Waals surface area contributed by atoms with E-state index in [1.54, 1.807) is 0 Å². The number of carbonyl (C=O) groups is 1. The molecule has 0 amide bonds. The number of esters is 1. The Morgan fingerprint density at radius 1 is 1.73 bits per heavy atom. The van der Waals surface area contributed by atoms with E-state index in [1.165, 1.54) is 19.1 Å². The van der Waals surface area contributed by atoms with E-state index in [0.29, 0.717) is 0 Å². The lowest BCUT2D eigenvalue weighted by atomic mass is 10.3. The molecule has 0 N–H and O–H groups in total. The lowest BCUT2D eigenvalue weighted by Crippen LogP contribution is -2.01. The van der Waals surface area contributed by atoms with Crippen LogP contribution in [0.5, 0.6) is 5.75 Å². The highest BCUT2D eigenvalue weighted by molar-refractivity contribution is 5.69. The van der Waals surface area contributed by atoms with Crippen LogP contribution in [0.3, 0.4) is 0 Å². The molecular weight excluding hydrogens is 147 g/mol. The standard InChI is InChI=1S/C8H6FO2/c1-6(10)11-8-4-2-3-7(9)5-8/h2,4-5H,1H3. The van der Waals surface area contributed by atoms with Crippen LogP contribution in [0.2, 0.25) is 0 Å². The molecule has 57 valence electrons. The van der Waals surface area contributed by atoms with Crippen LogP contribution in [0, 0.1) is 11.9 Å². The minimum Gasteiger partial charge on any atom is -0.427 e. The molecule has 0 aliphatic carbocycles. The van der Waals surface area contributed by atoms with Gasteiger partial charge in [0, 0.05) is 19.1 Å². The third-order valence-electron chi connectivity index (χ3n) is 0.999. The van der Waals surface area contributed by atoms with Crippen LogP contribution in [0.25, 0.3) is 0 Å². The van der Waals surface area contributed by atoms with Crippen LogP contribution in [0.15, 0.2) is 18.2 Å². The molecule has 0 unspecified atom stereocenters. The van der Waals surface area contributed by atoms with E-state index >= 15 is 0 Å². The van der Waals surface area contributed by atoms with Crippen molar-refractivity contribution >= 4 is 5.97 Å². The zero-order valence-corrected chi connectivity index (χ0v) is 5.93. The van der Waals surface area contributed by atoms with Crippen molar-refractivity contribution in [1.82, 2.24) is 0 Å². The number of hydrogen-bond donors (Lipinski definition) is 0.